The number of aromatic nitrogens is 3. The highest BCUT2D eigenvalue weighted by Crippen LogP contribution is 2.29. The van der Waals surface area contributed by atoms with Crippen LogP contribution < -0.4 is 4.90 Å². The van der Waals surface area contributed by atoms with Crippen LogP contribution in [0.2, 0.25) is 0 Å². The highest BCUT2D eigenvalue weighted by Gasteiger charge is 2.21. The van der Waals surface area contributed by atoms with Crippen molar-refractivity contribution in [2.45, 2.75) is 19.0 Å². The molecule has 4 rings (SSSR count). The van der Waals surface area contributed by atoms with E-state index >= 15 is 0 Å². The van der Waals surface area contributed by atoms with Gasteiger partial charge in [0.05, 0.1) is 12.1 Å². The number of nitrogens with zero attached hydrogens (tertiary/aromatic N) is 4. The lowest BCUT2D eigenvalue weighted by molar-refractivity contribution is 0.286. The maximum absolute atomic E-state index is 13.6. The average Bonchev–Trinajstić information content (AvgIpc) is 2.81. The van der Waals surface area contributed by atoms with E-state index in [4.69, 9.17) is 4.98 Å². The van der Waals surface area contributed by atoms with Crippen molar-refractivity contribution in [2.75, 3.05) is 18.0 Å². The SMILES string of the molecule is Cn1c2ccncc2c2ccc(N3CCC[C@@H]([18F])C3)nc21. The van der Waals surface area contributed by atoms with E-state index in [2.05, 4.69) is 15.6 Å². The number of piperidine rings is 1. The average molecular weight is 283 g/mol. The largest absolute Gasteiger partial charge is 0.354 e. The predicted octanol–water partition coefficient (Wildman–Crippen LogP) is 3.06. The molecule has 0 amide bonds. The maximum atomic E-state index is 13.6. The van der Waals surface area contributed by atoms with Crippen LogP contribution >= 0.6 is 0 Å². The monoisotopic (exact) mass is 283 g/mol. The van der Waals surface area contributed by atoms with E-state index in [-0.39, 0.29) is 0 Å². The molecule has 4 heterocycles. The number of fused-ring (bicyclic) bond motifs is 3. The summed E-state index contributed by atoms with van der Waals surface area (Å²) in [6, 6.07) is 6.06. The normalized spacial score (nSPS) is 19.5. The number of hydrogen-bond donors (Lipinski definition) is 0. The van der Waals surface area contributed by atoms with Crippen molar-refractivity contribution in [1.29, 1.82) is 0 Å². The van der Waals surface area contributed by atoms with Crippen molar-refractivity contribution >= 4 is 27.8 Å². The second-order valence-electron chi connectivity index (χ2n) is 5.68. The molecule has 108 valence electrons. The van der Waals surface area contributed by atoms with Gasteiger partial charge in [0.1, 0.15) is 17.6 Å². The molecule has 0 bridgehead atoms. The molecule has 0 N–H and O–H groups in total. The number of aryl methyl sites for hydroxylation is 1. The third kappa shape index (κ3) is 1.95. The van der Waals surface area contributed by atoms with Gasteiger partial charge < -0.3 is 9.47 Å². The summed E-state index contributed by atoms with van der Waals surface area (Å²) >= 11 is 0. The van der Waals surface area contributed by atoms with Crippen LogP contribution in [0, 0.1) is 0 Å². The molecule has 0 saturated carbocycles. The van der Waals surface area contributed by atoms with Crippen LogP contribution in [0.1, 0.15) is 12.8 Å². The number of rotatable bonds is 1. The first-order valence-corrected chi connectivity index (χ1v) is 7.32. The quantitative estimate of drug-likeness (QED) is 0.688. The molecule has 5 heteroatoms. The minimum Gasteiger partial charge on any atom is -0.354 e. The summed E-state index contributed by atoms with van der Waals surface area (Å²) in [5, 5.41) is 2.20. The Morgan fingerprint density at radius 3 is 3.00 bits per heavy atom. The highest BCUT2D eigenvalue weighted by atomic mass is 18.2. The molecule has 4 nitrogen and oxygen atoms in total. The molecule has 1 aliphatic rings. The topological polar surface area (TPSA) is 34.0 Å². The maximum Gasteiger partial charge on any atom is 0.143 e. The number of anilines is 1. The smallest absolute Gasteiger partial charge is 0.143 e. The Morgan fingerprint density at radius 1 is 1.24 bits per heavy atom. The van der Waals surface area contributed by atoms with E-state index in [1.54, 1.807) is 6.20 Å². The van der Waals surface area contributed by atoms with E-state index in [1.165, 1.54) is 0 Å². The number of pyridine rings is 2. The van der Waals surface area contributed by atoms with Gasteiger partial charge in [-0.25, -0.2) is 9.37 Å². The Morgan fingerprint density at radius 2 is 2.14 bits per heavy atom. The fraction of sp³-hybridized carbons (Fsp3) is 0.375. The molecular formula is C16H17FN4. The van der Waals surface area contributed by atoms with Crippen LogP contribution in [0.3, 0.4) is 0 Å². The van der Waals surface area contributed by atoms with Crippen molar-refractivity contribution in [1.82, 2.24) is 14.5 Å². The van der Waals surface area contributed by atoms with E-state index < -0.39 is 6.17 Å². The summed E-state index contributed by atoms with van der Waals surface area (Å²) in [6.45, 7) is 1.33. The molecule has 0 aliphatic carbocycles. The molecule has 1 fully saturated rings. The second kappa shape index (κ2) is 4.69. The lowest BCUT2D eigenvalue weighted by atomic mass is 10.1. The van der Waals surface area contributed by atoms with Crippen LogP contribution in [-0.4, -0.2) is 33.8 Å². The number of halogens is 1. The first-order chi connectivity index (χ1) is 10.2. The molecule has 3 aromatic rings. The van der Waals surface area contributed by atoms with Gasteiger partial charge in [-0.15, -0.1) is 0 Å². The lowest BCUT2D eigenvalue weighted by Crippen LogP contribution is -2.36. The Kier molecular flexibility index (Phi) is 2.80. The molecule has 0 aromatic carbocycles. The van der Waals surface area contributed by atoms with Crippen molar-refractivity contribution in [3.05, 3.63) is 30.6 Å². The summed E-state index contributed by atoms with van der Waals surface area (Å²) in [4.78, 5) is 11.0. The van der Waals surface area contributed by atoms with Crippen LogP contribution in [0.5, 0.6) is 0 Å². The summed E-state index contributed by atoms with van der Waals surface area (Å²) in [5.74, 6) is 0.865. The fourth-order valence-corrected chi connectivity index (χ4v) is 3.22. The molecule has 0 radical (unpaired) electrons. The second-order valence-corrected chi connectivity index (χ2v) is 5.68. The van der Waals surface area contributed by atoms with Crippen molar-refractivity contribution in [3.63, 3.8) is 0 Å². The van der Waals surface area contributed by atoms with Gasteiger partial charge >= 0.3 is 0 Å². The number of hydrogen-bond acceptors (Lipinski definition) is 3. The van der Waals surface area contributed by atoms with E-state index in [9.17, 15) is 4.39 Å². The zero-order valence-corrected chi connectivity index (χ0v) is 12.0. The van der Waals surface area contributed by atoms with Crippen LogP contribution in [0.15, 0.2) is 30.6 Å². The van der Waals surface area contributed by atoms with Gasteiger partial charge in [0.15, 0.2) is 0 Å². The van der Waals surface area contributed by atoms with Gasteiger partial charge in [-0.05, 0) is 31.0 Å². The molecule has 1 atom stereocenters. The standard InChI is InChI=1S/C16H17FN4/c1-20-14-6-7-18-9-13(14)12-4-5-15(19-16(12)20)21-8-2-3-11(17)10-21/h4-7,9,11H,2-3,8,10H2,1H3/t11-/m1/s1/i17-1. The summed E-state index contributed by atoms with van der Waals surface area (Å²) in [7, 11) is 2.01. The third-order valence-electron chi connectivity index (χ3n) is 4.32. The zero-order chi connectivity index (χ0) is 14.4. The van der Waals surface area contributed by atoms with E-state index in [0.29, 0.717) is 13.0 Å². The Hall–Kier alpha value is -2.17. The molecule has 0 spiro atoms. The summed E-state index contributed by atoms with van der Waals surface area (Å²) in [5.41, 5.74) is 2.04. The van der Waals surface area contributed by atoms with Crippen LogP contribution in [0.4, 0.5) is 10.2 Å². The summed E-state index contributed by atoms with van der Waals surface area (Å²) < 4.78 is 15.7. The van der Waals surface area contributed by atoms with Crippen molar-refractivity contribution in [3.8, 4) is 0 Å². The molecule has 1 aliphatic heterocycles. The minimum atomic E-state index is -0.743. The molecule has 21 heavy (non-hydrogen) atoms. The minimum absolute atomic E-state index is 0.448. The number of alkyl halides is 1. The van der Waals surface area contributed by atoms with Gasteiger partial charge in [-0.1, -0.05) is 0 Å². The molecule has 1 saturated heterocycles. The molecule has 0 unspecified atom stereocenters. The lowest BCUT2D eigenvalue weighted by Gasteiger charge is -2.29. The first-order valence-electron chi connectivity index (χ1n) is 7.32. The third-order valence-corrected chi connectivity index (χ3v) is 4.32. The van der Waals surface area contributed by atoms with E-state index in [0.717, 1.165) is 40.7 Å². The Balaban J connectivity index is 1.86. The highest BCUT2D eigenvalue weighted by molar-refractivity contribution is 6.06. The van der Waals surface area contributed by atoms with E-state index in [1.807, 2.05) is 30.3 Å². The Labute approximate surface area is 122 Å². The zero-order valence-electron chi connectivity index (χ0n) is 12.0. The van der Waals surface area contributed by atoms with Gasteiger partial charge in [0, 0.05) is 36.8 Å². The van der Waals surface area contributed by atoms with Gasteiger partial charge in [0.25, 0.3) is 0 Å². The van der Waals surface area contributed by atoms with Crippen molar-refractivity contribution < 1.29 is 4.39 Å². The first kappa shape index (κ1) is 12.6. The molecule has 3 aromatic heterocycles. The van der Waals surface area contributed by atoms with Crippen LogP contribution in [-0.2, 0) is 7.05 Å². The summed E-state index contributed by atoms with van der Waals surface area (Å²) in [6.07, 6.45) is 4.48. The molecular weight excluding hydrogens is 266 g/mol. The predicted molar refractivity (Wildman–Crippen MR) is 82.4 cm³/mol. The van der Waals surface area contributed by atoms with Gasteiger partial charge in [-0.3, -0.25) is 4.98 Å². The van der Waals surface area contributed by atoms with Gasteiger partial charge in [-0.2, -0.15) is 0 Å². The van der Waals surface area contributed by atoms with Crippen molar-refractivity contribution in [2.24, 2.45) is 7.05 Å². The van der Waals surface area contributed by atoms with Crippen LogP contribution in [0.25, 0.3) is 21.9 Å². The Bertz CT molecular complexity index is 810. The van der Waals surface area contributed by atoms with Gasteiger partial charge in [0.2, 0.25) is 0 Å². The fourth-order valence-electron chi connectivity index (χ4n) is 3.22.